The van der Waals surface area contributed by atoms with Gasteiger partial charge in [0.1, 0.15) is 18.1 Å². The summed E-state index contributed by atoms with van der Waals surface area (Å²) >= 11 is 3.22. The molecule has 0 spiro atoms. The van der Waals surface area contributed by atoms with Gasteiger partial charge in [0.2, 0.25) is 0 Å². The molecule has 3 nitrogen and oxygen atoms in total. The summed E-state index contributed by atoms with van der Waals surface area (Å²) in [6, 6.07) is 1.74. The van der Waals surface area contributed by atoms with Crippen molar-refractivity contribution in [1.29, 1.82) is 0 Å². The third kappa shape index (κ3) is 2.32. The lowest BCUT2D eigenvalue weighted by atomic mass is 10.2. The number of hydrogen-bond acceptors (Lipinski definition) is 3. The van der Waals surface area contributed by atoms with Crippen molar-refractivity contribution in [1.82, 2.24) is 0 Å². The van der Waals surface area contributed by atoms with Crippen LogP contribution in [-0.2, 0) is 0 Å². The maximum Gasteiger partial charge on any atom is 0.133 e. The number of hydrogen-bond donors (Lipinski definition) is 2. The highest BCUT2D eigenvalue weighted by atomic mass is 79.9. The van der Waals surface area contributed by atoms with E-state index in [0.717, 1.165) is 4.47 Å². The average Bonchev–Trinajstić information content (AvgIpc) is 2.36. The summed E-state index contributed by atoms with van der Waals surface area (Å²) in [5.74, 6) is 0.558. The molecule has 0 aliphatic rings. The van der Waals surface area contributed by atoms with Crippen LogP contribution >= 0.6 is 15.9 Å². The Hall–Kier alpha value is -0.320. The van der Waals surface area contributed by atoms with Crippen LogP contribution in [0.15, 0.2) is 21.2 Å². The van der Waals surface area contributed by atoms with E-state index in [1.54, 1.807) is 6.07 Å². The van der Waals surface area contributed by atoms with E-state index in [9.17, 15) is 5.11 Å². The maximum atomic E-state index is 9.34. The number of aliphatic hydroxyl groups excluding tert-OH is 1. The average molecular weight is 220 g/mol. The Morgan fingerprint density at radius 3 is 2.91 bits per heavy atom. The Morgan fingerprint density at radius 2 is 2.45 bits per heavy atom. The highest BCUT2D eigenvalue weighted by molar-refractivity contribution is 9.10. The number of halogens is 1. The molecule has 0 bridgehead atoms. The minimum Gasteiger partial charge on any atom is -0.465 e. The molecule has 0 aromatic carbocycles. The standard InChI is InChI=1S/C7H10BrNO2/c8-5-3-7(11-4-5)6(10)1-2-9/h3-4,6,10H,1-2,9H2. The zero-order chi connectivity index (χ0) is 8.27. The normalized spacial score (nSPS) is 13.4. The van der Waals surface area contributed by atoms with E-state index in [-0.39, 0.29) is 0 Å². The Labute approximate surface area is 73.3 Å². The zero-order valence-corrected chi connectivity index (χ0v) is 7.54. The van der Waals surface area contributed by atoms with Crippen molar-refractivity contribution in [3.05, 3.63) is 22.6 Å². The van der Waals surface area contributed by atoms with E-state index >= 15 is 0 Å². The van der Waals surface area contributed by atoms with Gasteiger partial charge in [-0.15, -0.1) is 0 Å². The van der Waals surface area contributed by atoms with Crippen LogP contribution in [0.3, 0.4) is 0 Å². The van der Waals surface area contributed by atoms with E-state index in [2.05, 4.69) is 15.9 Å². The van der Waals surface area contributed by atoms with Crippen molar-refractivity contribution >= 4 is 15.9 Å². The quantitative estimate of drug-likeness (QED) is 0.809. The van der Waals surface area contributed by atoms with E-state index in [4.69, 9.17) is 10.2 Å². The van der Waals surface area contributed by atoms with Crippen LogP contribution in [-0.4, -0.2) is 11.7 Å². The van der Waals surface area contributed by atoms with E-state index < -0.39 is 6.10 Å². The summed E-state index contributed by atoms with van der Waals surface area (Å²) in [7, 11) is 0. The number of aliphatic hydroxyl groups is 1. The van der Waals surface area contributed by atoms with Gasteiger partial charge in [-0.1, -0.05) is 0 Å². The van der Waals surface area contributed by atoms with Gasteiger partial charge in [0, 0.05) is 0 Å². The summed E-state index contributed by atoms with van der Waals surface area (Å²) < 4.78 is 5.86. The molecule has 1 heterocycles. The van der Waals surface area contributed by atoms with Crippen LogP contribution in [0.5, 0.6) is 0 Å². The molecule has 1 atom stereocenters. The highest BCUT2D eigenvalue weighted by Crippen LogP contribution is 2.21. The fourth-order valence-electron chi connectivity index (χ4n) is 0.803. The van der Waals surface area contributed by atoms with Crippen molar-refractivity contribution in [3.8, 4) is 0 Å². The van der Waals surface area contributed by atoms with Crippen molar-refractivity contribution in [2.45, 2.75) is 12.5 Å². The van der Waals surface area contributed by atoms with Crippen LogP contribution in [0.4, 0.5) is 0 Å². The molecule has 1 rings (SSSR count). The lowest BCUT2D eigenvalue weighted by Gasteiger charge is -2.03. The second kappa shape index (κ2) is 3.90. The molecule has 3 N–H and O–H groups in total. The topological polar surface area (TPSA) is 59.4 Å². The van der Waals surface area contributed by atoms with Gasteiger partial charge >= 0.3 is 0 Å². The van der Waals surface area contributed by atoms with Gasteiger partial charge in [-0.05, 0) is 35.0 Å². The van der Waals surface area contributed by atoms with Crippen molar-refractivity contribution in [3.63, 3.8) is 0 Å². The summed E-state index contributed by atoms with van der Waals surface area (Å²) in [6.07, 6.45) is 1.49. The molecular formula is C7H10BrNO2. The molecule has 0 aliphatic heterocycles. The smallest absolute Gasteiger partial charge is 0.133 e. The molecule has 4 heteroatoms. The third-order valence-electron chi connectivity index (χ3n) is 1.36. The lowest BCUT2D eigenvalue weighted by molar-refractivity contribution is 0.143. The zero-order valence-electron chi connectivity index (χ0n) is 5.96. The van der Waals surface area contributed by atoms with Crippen molar-refractivity contribution < 1.29 is 9.52 Å². The second-order valence-electron chi connectivity index (χ2n) is 2.26. The Kier molecular flexibility index (Phi) is 3.11. The first-order valence-corrected chi connectivity index (χ1v) is 4.15. The summed E-state index contributed by atoms with van der Waals surface area (Å²) in [5, 5.41) is 9.34. The molecule has 0 aliphatic carbocycles. The number of furan rings is 1. The first-order chi connectivity index (χ1) is 5.24. The minimum atomic E-state index is -0.578. The van der Waals surface area contributed by atoms with Gasteiger partial charge in [0.25, 0.3) is 0 Å². The fourth-order valence-corrected chi connectivity index (χ4v) is 1.12. The van der Waals surface area contributed by atoms with Crippen LogP contribution in [0.2, 0.25) is 0 Å². The fraction of sp³-hybridized carbons (Fsp3) is 0.429. The monoisotopic (exact) mass is 219 g/mol. The molecule has 0 fully saturated rings. The molecule has 0 saturated heterocycles. The molecule has 0 radical (unpaired) electrons. The molecule has 0 amide bonds. The number of rotatable bonds is 3. The van der Waals surface area contributed by atoms with Crippen LogP contribution in [0.25, 0.3) is 0 Å². The molecular weight excluding hydrogens is 210 g/mol. The largest absolute Gasteiger partial charge is 0.465 e. The second-order valence-corrected chi connectivity index (χ2v) is 3.18. The highest BCUT2D eigenvalue weighted by Gasteiger charge is 2.09. The van der Waals surface area contributed by atoms with Crippen molar-refractivity contribution in [2.24, 2.45) is 5.73 Å². The third-order valence-corrected chi connectivity index (χ3v) is 1.77. The van der Waals surface area contributed by atoms with Gasteiger partial charge in [-0.2, -0.15) is 0 Å². The van der Waals surface area contributed by atoms with E-state index in [0.29, 0.717) is 18.7 Å². The first kappa shape index (κ1) is 8.77. The van der Waals surface area contributed by atoms with Gasteiger partial charge in [0.15, 0.2) is 0 Å². The van der Waals surface area contributed by atoms with Gasteiger partial charge < -0.3 is 15.3 Å². The molecule has 11 heavy (non-hydrogen) atoms. The lowest BCUT2D eigenvalue weighted by Crippen LogP contribution is -2.05. The maximum absolute atomic E-state index is 9.34. The van der Waals surface area contributed by atoms with Crippen molar-refractivity contribution in [2.75, 3.05) is 6.54 Å². The Balaban J connectivity index is 2.60. The van der Waals surface area contributed by atoms with Crippen LogP contribution < -0.4 is 5.73 Å². The summed E-state index contributed by atoms with van der Waals surface area (Å²) in [6.45, 7) is 0.458. The molecule has 1 unspecified atom stereocenters. The summed E-state index contributed by atoms with van der Waals surface area (Å²) in [5.41, 5.74) is 5.26. The number of nitrogens with two attached hydrogens (primary N) is 1. The van der Waals surface area contributed by atoms with E-state index in [1.165, 1.54) is 6.26 Å². The van der Waals surface area contributed by atoms with Crippen LogP contribution in [0, 0.1) is 0 Å². The first-order valence-electron chi connectivity index (χ1n) is 3.36. The van der Waals surface area contributed by atoms with Crippen LogP contribution in [0.1, 0.15) is 18.3 Å². The van der Waals surface area contributed by atoms with Gasteiger partial charge in [-0.25, -0.2) is 0 Å². The predicted molar refractivity (Wildman–Crippen MR) is 45.0 cm³/mol. The Morgan fingerprint density at radius 1 is 1.73 bits per heavy atom. The minimum absolute atomic E-state index is 0.458. The molecule has 0 saturated carbocycles. The van der Waals surface area contributed by atoms with Gasteiger partial charge in [0.05, 0.1) is 4.47 Å². The molecule has 1 aromatic rings. The summed E-state index contributed by atoms with van der Waals surface area (Å²) in [4.78, 5) is 0. The molecule has 62 valence electrons. The van der Waals surface area contributed by atoms with E-state index in [1.807, 2.05) is 0 Å². The molecule has 1 aromatic heterocycles. The SMILES string of the molecule is NCCC(O)c1cc(Br)co1. The Bertz CT molecular complexity index is 224. The van der Waals surface area contributed by atoms with Gasteiger partial charge in [-0.3, -0.25) is 0 Å². The predicted octanol–water partition coefficient (Wildman–Crippen LogP) is 1.42.